The second-order valence-corrected chi connectivity index (χ2v) is 9.83. The zero-order chi connectivity index (χ0) is 23.3. The van der Waals surface area contributed by atoms with Crippen LogP contribution in [-0.2, 0) is 19.6 Å². The summed E-state index contributed by atoms with van der Waals surface area (Å²) in [7, 11) is -0.256. The average Bonchev–Trinajstić information content (AvgIpc) is 2.71. The van der Waals surface area contributed by atoms with Crippen molar-refractivity contribution in [2.45, 2.75) is 39.3 Å². The van der Waals surface area contributed by atoms with E-state index >= 15 is 0 Å². The normalized spacial score (nSPS) is 23.3. The molecule has 2 rings (SSSR count). The maximum atomic E-state index is 13.2. The van der Waals surface area contributed by atoms with Gasteiger partial charge in [0, 0.05) is 45.3 Å². The maximum Gasteiger partial charge on any atom is 0.257 e. The van der Waals surface area contributed by atoms with Gasteiger partial charge < -0.3 is 19.3 Å². The Morgan fingerprint density at radius 2 is 1.97 bits per heavy atom. The van der Waals surface area contributed by atoms with E-state index in [2.05, 4.69) is 4.72 Å². The number of nitrogens with zero attached hydrogens (tertiary/aromatic N) is 2. The molecule has 0 saturated heterocycles. The fourth-order valence-electron chi connectivity index (χ4n) is 3.60. The molecule has 0 bridgehead atoms. The van der Waals surface area contributed by atoms with Gasteiger partial charge in [-0.05, 0) is 25.1 Å². The van der Waals surface area contributed by atoms with Gasteiger partial charge in [0.15, 0.2) is 0 Å². The Bertz CT molecular complexity index is 904. The Morgan fingerprint density at radius 3 is 2.55 bits per heavy atom. The van der Waals surface area contributed by atoms with Crippen molar-refractivity contribution in [2.75, 3.05) is 44.8 Å². The van der Waals surface area contributed by atoms with Gasteiger partial charge in [-0.15, -0.1) is 0 Å². The number of methoxy groups -OCH3 is 1. The fraction of sp³-hybridized carbons (Fsp3) is 0.619. The van der Waals surface area contributed by atoms with E-state index in [-0.39, 0.29) is 47.7 Å². The quantitative estimate of drug-likeness (QED) is 0.742. The van der Waals surface area contributed by atoms with Gasteiger partial charge in [-0.3, -0.25) is 14.3 Å². The summed E-state index contributed by atoms with van der Waals surface area (Å²) in [4.78, 5) is 29.1. The first kappa shape index (κ1) is 24.9. The largest absolute Gasteiger partial charge is 0.491 e. The summed E-state index contributed by atoms with van der Waals surface area (Å²) in [6, 6.07) is 4.35. The molecule has 0 radical (unpaired) electrons. The van der Waals surface area contributed by atoms with Gasteiger partial charge in [0.05, 0.1) is 24.0 Å². The molecule has 1 aliphatic rings. The smallest absolute Gasteiger partial charge is 0.257 e. The Hall–Kier alpha value is -2.33. The number of sulfonamides is 1. The lowest BCUT2D eigenvalue weighted by Crippen LogP contribution is -2.48. The van der Waals surface area contributed by atoms with Crippen molar-refractivity contribution < 1.29 is 27.5 Å². The lowest BCUT2D eigenvalue weighted by atomic mass is 10.0. The van der Waals surface area contributed by atoms with Crippen LogP contribution in [0.1, 0.15) is 37.6 Å². The fourth-order valence-corrected chi connectivity index (χ4v) is 4.16. The van der Waals surface area contributed by atoms with Crippen LogP contribution in [0.3, 0.4) is 0 Å². The summed E-state index contributed by atoms with van der Waals surface area (Å²) >= 11 is 0. The van der Waals surface area contributed by atoms with Crippen LogP contribution in [0.5, 0.6) is 5.75 Å². The maximum absolute atomic E-state index is 13.2. The van der Waals surface area contributed by atoms with Crippen molar-refractivity contribution in [1.82, 2.24) is 9.80 Å². The molecule has 174 valence electrons. The summed E-state index contributed by atoms with van der Waals surface area (Å²) in [5, 5.41) is 0. The number of hydrogen-bond acceptors (Lipinski definition) is 6. The average molecular weight is 456 g/mol. The molecule has 3 atom stereocenters. The van der Waals surface area contributed by atoms with Gasteiger partial charge in [0.2, 0.25) is 15.9 Å². The van der Waals surface area contributed by atoms with Crippen LogP contribution in [0.2, 0.25) is 0 Å². The van der Waals surface area contributed by atoms with E-state index in [1.165, 1.54) is 11.0 Å². The number of hydrogen-bond donors (Lipinski definition) is 1. The van der Waals surface area contributed by atoms with Gasteiger partial charge in [0.25, 0.3) is 5.91 Å². The van der Waals surface area contributed by atoms with Crippen LogP contribution < -0.4 is 9.46 Å². The minimum Gasteiger partial charge on any atom is -0.491 e. The molecule has 0 aromatic heterocycles. The standard InChI is InChI=1S/C21H33N3O6S/c1-7-20(25)24-11-14(2)19(29-5)12-23(4)21(26)17-10-16(22-31(6,27)28)8-9-18(17)30-13-15(24)3/h8-10,14-15,19,22H,7,11-13H2,1-6H3/t14-,15-,19+/m0/s1. The molecule has 0 saturated carbocycles. The number of likely N-dealkylation sites (N-methyl/N-ethyl adjacent to an activating group) is 1. The zero-order valence-electron chi connectivity index (χ0n) is 19.0. The summed E-state index contributed by atoms with van der Waals surface area (Å²) in [5.74, 6) is 0.0212. The van der Waals surface area contributed by atoms with Gasteiger partial charge in [-0.25, -0.2) is 8.42 Å². The number of fused-ring (bicyclic) bond motifs is 1. The highest BCUT2D eigenvalue weighted by atomic mass is 32.2. The summed E-state index contributed by atoms with van der Waals surface area (Å²) in [6.07, 6.45) is 1.14. The summed E-state index contributed by atoms with van der Waals surface area (Å²) in [6.45, 7) is 6.70. The van der Waals surface area contributed by atoms with E-state index in [1.807, 2.05) is 20.8 Å². The number of nitrogens with one attached hydrogen (secondary N) is 1. The molecule has 0 spiro atoms. The van der Waals surface area contributed by atoms with Crippen molar-refractivity contribution in [3.8, 4) is 5.75 Å². The highest BCUT2D eigenvalue weighted by molar-refractivity contribution is 7.92. The predicted octanol–water partition coefficient (Wildman–Crippen LogP) is 1.80. The second kappa shape index (κ2) is 10.3. The molecule has 1 heterocycles. The van der Waals surface area contributed by atoms with Crippen molar-refractivity contribution >= 4 is 27.5 Å². The van der Waals surface area contributed by atoms with Crippen molar-refractivity contribution in [2.24, 2.45) is 5.92 Å². The molecule has 31 heavy (non-hydrogen) atoms. The third kappa shape index (κ3) is 6.57. The predicted molar refractivity (Wildman–Crippen MR) is 119 cm³/mol. The molecule has 9 nitrogen and oxygen atoms in total. The Balaban J connectivity index is 2.48. The van der Waals surface area contributed by atoms with Gasteiger partial charge in [-0.2, -0.15) is 0 Å². The van der Waals surface area contributed by atoms with E-state index in [9.17, 15) is 18.0 Å². The molecule has 1 aromatic rings. The number of rotatable bonds is 4. The lowest BCUT2D eigenvalue weighted by molar-refractivity contribution is -0.135. The van der Waals surface area contributed by atoms with E-state index in [0.717, 1.165) is 6.26 Å². The van der Waals surface area contributed by atoms with Crippen molar-refractivity contribution in [3.05, 3.63) is 23.8 Å². The van der Waals surface area contributed by atoms with Gasteiger partial charge in [0.1, 0.15) is 12.4 Å². The van der Waals surface area contributed by atoms with E-state index in [1.54, 1.807) is 31.2 Å². The van der Waals surface area contributed by atoms with Crippen molar-refractivity contribution in [3.63, 3.8) is 0 Å². The second-order valence-electron chi connectivity index (χ2n) is 8.08. The number of ether oxygens (including phenoxy) is 2. The monoisotopic (exact) mass is 455 g/mol. The Kier molecular flexibility index (Phi) is 8.30. The molecule has 0 aliphatic carbocycles. The Morgan fingerprint density at radius 1 is 1.29 bits per heavy atom. The third-order valence-electron chi connectivity index (χ3n) is 5.37. The number of carbonyl (C=O) groups excluding carboxylic acids is 2. The first-order chi connectivity index (χ1) is 14.5. The van der Waals surface area contributed by atoms with Crippen LogP contribution >= 0.6 is 0 Å². The van der Waals surface area contributed by atoms with E-state index in [0.29, 0.717) is 25.3 Å². The number of carbonyl (C=O) groups is 2. The van der Waals surface area contributed by atoms with Crippen LogP contribution in [0, 0.1) is 5.92 Å². The molecule has 2 amide bonds. The molecule has 1 aromatic carbocycles. The SMILES string of the molecule is CCC(=O)N1C[C@H](C)[C@H](OC)CN(C)C(=O)c2cc(NS(C)(=O)=O)ccc2OC[C@@H]1C. The molecular formula is C21H33N3O6S. The number of anilines is 1. The summed E-state index contributed by atoms with van der Waals surface area (Å²) < 4.78 is 37.2. The van der Waals surface area contributed by atoms with Gasteiger partial charge in [-0.1, -0.05) is 13.8 Å². The number of benzene rings is 1. The van der Waals surface area contributed by atoms with Crippen LogP contribution in [-0.4, -0.2) is 82.3 Å². The molecular weight excluding hydrogens is 422 g/mol. The van der Waals surface area contributed by atoms with Crippen LogP contribution in [0.15, 0.2) is 18.2 Å². The highest BCUT2D eigenvalue weighted by Crippen LogP contribution is 2.27. The minimum absolute atomic E-state index is 0.0182. The van der Waals surface area contributed by atoms with Crippen LogP contribution in [0.4, 0.5) is 5.69 Å². The number of amides is 2. The molecule has 1 N–H and O–H groups in total. The molecule has 10 heteroatoms. The highest BCUT2D eigenvalue weighted by Gasteiger charge is 2.30. The summed E-state index contributed by atoms with van der Waals surface area (Å²) in [5.41, 5.74) is 0.506. The zero-order valence-corrected chi connectivity index (χ0v) is 19.9. The molecule has 0 fully saturated rings. The first-order valence-electron chi connectivity index (χ1n) is 10.3. The van der Waals surface area contributed by atoms with Gasteiger partial charge >= 0.3 is 0 Å². The lowest BCUT2D eigenvalue weighted by Gasteiger charge is -2.36. The topological polar surface area (TPSA) is 105 Å². The van der Waals surface area contributed by atoms with Crippen molar-refractivity contribution in [1.29, 1.82) is 0 Å². The minimum atomic E-state index is -3.50. The molecule has 1 aliphatic heterocycles. The third-order valence-corrected chi connectivity index (χ3v) is 5.98. The van der Waals surface area contributed by atoms with E-state index in [4.69, 9.17) is 9.47 Å². The Labute approximate surface area is 184 Å². The first-order valence-corrected chi connectivity index (χ1v) is 12.2. The van der Waals surface area contributed by atoms with E-state index < -0.39 is 10.0 Å². The van der Waals surface area contributed by atoms with Crippen LogP contribution in [0.25, 0.3) is 0 Å². The molecule has 0 unspecified atom stereocenters.